The fourth-order valence-electron chi connectivity index (χ4n) is 5.11. The van der Waals surface area contributed by atoms with E-state index >= 15 is 0 Å². The van der Waals surface area contributed by atoms with Crippen molar-refractivity contribution in [1.82, 2.24) is 14.5 Å². The summed E-state index contributed by atoms with van der Waals surface area (Å²) in [4.78, 5) is 41.0. The molecule has 1 N–H and O–H groups in total. The lowest BCUT2D eigenvalue weighted by atomic mass is 10.1. The van der Waals surface area contributed by atoms with E-state index in [2.05, 4.69) is 5.32 Å². The second-order valence-electron chi connectivity index (χ2n) is 9.62. The van der Waals surface area contributed by atoms with Gasteiger partial charge in [-0.25, -0.2) is 12.7 Å². The molecule has 0 saturated heterocycles. The van der Waals surface area contributed by atoms with Crippen molar-refractivity contribution in [2.24, 2.45) is 0 Å². The van der Waals surface area contributed by atoms with Crippen molar-refractivity contribution in [2.75, 3.05) is 6.54 Å². The fourth-order valence-corrected chi connectivity index (χ4v) is 7.23. The number of halogens is 2. The molecule has 4 rings (SSSR count). The standard InChI is InChI=1S/C27H31Cl2N3O5S/c1-2-23(26(34)30-18-9-3-4-10-18)31(17-20-21(28)12-7-13-22(20)29)25(33)15-8-16-32-27(35)19-11-5-6-14-24(19)38(32,36)37/h5-7,11-14,18,23H,2-4,8-10,15-17H2,1H3,(H,30,34)/t23-/m0/s1. The average Bonchev–Trinajstić information content (AvgIpc) is 3.46. The van der Waals surface area contributed by atoms with Crippen LogP contribution in [0.15, 0.2) is 47.4 Å². The van der Waals surface area contributed by atoms with Crippen LogP contribution in [0.1, 0.15) is 67.8 Å². The average molecular weight is 581 g/mol. The van der Waals surface area contributed by atoms with Crippen molar-refractivity contribution in [3.63, 3.8) is 0 Å². The molecule has 204 valence electrons. The maximum atomic E-state index is 13.6. The first-order valence-electron chi connectivity index (χ1n) is 12.8. The van der Waals surface area contributed by atoms with Crippen LogP contribution in [0.3, 0.4) is 0 Å². The molecule has 0 unspecified atom stereocenters. The zero-order chi connectivity index (χ0) is 27.4. The van der Waals surface area contributed by atoms with E-state index in [9.17, 15) is 22.8 Å². The highest BCUT2D eigenvalue weighted by molar-refractivity contribution is 7.90. The molecule has 2 aromatic rings. The van der Waals surface area contributed by atoms with Crippen molar-refractivity contribution >= 4 is 50.9 Å². The lowest BCUT2D eigenvalue weighted by Gasteiger charge is -2.32. The van der Waals surface area contributed by atoms with Gasteiger partial charge in [-0.3, -0.25) is 14.4 Å². The molecule has 0 aromatic heterocycles. The number of fused-ring (bicyclic) bond motifs is 1. The number of amides is 3. The third-order valence-corrected chi connectivity index (χ3v) is 9.69. The Morgan fingerprint density at radius 1 is 1.08 bits per heavy atom. The molecule has 3 amide bonds. The molecule has 1 atom stereocenters. The van der Waals surface area contributed by atoms with E-state index in [0.29, 0.717) is 22.0 Å². The van der Waals surface area contributed by atoms with Crippen molar-refractivity contribution in [3.8, 4) is 0 Å². The van der Waals surface area contributed by atoms with Crippen LogP contribution in [0.2, 0.25) is 10.0 Å². The van der Waals surface area contributed by atoms with Crippen molar-refractivity contribution in [1.29, 1.82) is 0 Å². The monoisotopic (exact) mass is 579 g/mol. The topological polar surface area (TPSA) is 104 Å². The molecule has 8 nitrogen and oxygen atoms in total. The Balaban J connectivity index is 1.50. The quantitative estimate of drug-likeness (QED) is 0.436. The van der Waals surface area contributed by atoms with Crippen molar-refractivity contribution in [3.05, 3.63) is 63.6 Å². The Kier molecular flexibility index (Phi) is 9.00. The van der Waals surface area contributed by atoms with Crippen LogP contribution in [0.4, 0.5) is 0 Å². The minimum absolute atomic E-state index is 0.0269. The van der Waals surface area contributed by atoms with E-state index in [1.807, 2.05) is 6.92 Å². The first kappa shape index (κ1) is 28.4. The summed E-state index contributed by atoms with van der Waals surface area (Å²) in [5.41, 5.74) is 0.660. The smallest absolute Gasteiger partial charge is 0.269 e. The zero-order valence-corrected chi connectivity index (χ0v) is 23.5. The fraction of sp³-hybridized carbons (Fsp3) is 0.444. The molecule has 1 saturated carbocycles. The molecule has 1 heterocycles. The van der Waals surface area contributed by atoms with Crippen LogP contribution in [0.25, 0.3) is 0 Å². The van der Waals surface area contributed by atoms with Gasteiger partial charge in [0.2, 0.25) is 11.8 Å². The van der Waals surface area contributed by atoms with Gasteiger partial charge in [0.05, 0.1) is 5.56 Å². The van der Waals surface area contributed by atoms with Gasteiger partial charge in [-0.2, -0.15) is 0 Å². The number of nitrogens with one attached hydrogen (secondary N) is 1. The van der Waals surface area contributed by atoms with E-state index in [0.717, 1.165) is 30.0 Å². The van der Waals surface area contributed by atoms with Crippen molar-refractivity contribution in [2.45, 2.75) is 75.4 Å². The van der Waals surface area contributed by atoms with Gasteiger partial charge in [0.1, 0.15) is 10.9 Å². The third kappa shape index (κ3) is 5.84. The number of rotatable bonds is 10. The lowest BCUT2D eigenvalue weighted by molar-refractivity contribution is -0.141. The molecule has 11 heteroatoms. The first-order valence-corrected chi connectivity index (χ1v) is 15.0. The number of nitrogens with zero attached hydrogens (tertiary/aromatic N) is 2. The lowest BCUT2D eigenvalue weighted by Crippen LogP contribution is -2.51. The summed E-state index contributed by atoms with van der Waals surface area (Å²) in [5, 5.41) is 3.84. The van der Waals surface area contributed by atoms with Gasteiger partial charge < -0.3 is 10.2 Å². The molecular weight excluding hydrogens is 549 g/mol. The molecule has 1 fully saturated rings. The maximum absolute atomic E-state index is 13.6. The SMILES string of the molecule is CC[C@@H](C(=O)NC1CCCC1)N(Cc1c(Cl)cccc1Cl)C(=O)CCCN1C(=O)c2ccccc2S1(=O)=O. The van der Waals surface area contributed by atoms with Crippen LogP contribution in [0, 0.1) is 0 Å². The van der Waals surface area contributed by atoms with Gasteiger partial charge in [-0.05, 0) is 49.9 Å². The highest BCUT2D eigenvalue weighted by atomic mass is 35.5. The van der Waals surface area contributed by atoms with Gasteiger partial charge in [0, 0.05) is 41.2 Å². The van der Waals surface area contributed by atoms with Gasteiger partial charge in [-0.1, -0.05) is 61.2 Å². The molecule has 38 heavy (non-hydrogen) atoms. The molecule has 0 spiro atoms. The highest BCUT2D eigenvalue weighted by Gasteiger charge is 2.40. The van der Waals surface area contributed by atoms with Crippen LogP contribution in [0.5, 0.6) is 0 Å². The van der Waals surface area contributed by atoms with Gasteiger partial charge in [0.25, 0.3) is 15.9 Å². The van der Waals surface area contributed by atoms with Crippen LogP contribution >= 0.6 is 23.2 Å². The summed E-state index contributed by atoms with van der Waals surface area (Å²) in [6, 6.07) is 10.4. The highest BCUT2D eigenvalue weighted by Crippen LogP contribution is 2.31. The number of benzene rings is 2. The first-order chi connectivity index (χ1) is 18.1. The van der Waals surface area contributed by atoms with E-state index in [-0.39, 0.29) is 54.2 Å². The molecule has 0 radical (unpaired) electrons. The predicted octanol–water partition coefficient (Wildman–Crippen LogP) is 4.78. The zero-order valence-electron chi connectivity index (χ0n) is 21.2. The summed E-state index contributed by atoms with van der Waals surface area (Å²) >= 11 is 12.8. The Labute approximate surface area is 233 Å². The van der Waals surface area contributed by atoms with Crippen LogP contribution in [-0.2, 0) is 26.2 Å². The number of carbonyl (C=O) groups excluding carboxylic acids is 3. The Hall–Kier alpha value is -2.62. The van der Waals surface area contributed by atoms with Gasteiger partial charge >= 0.3 is 0 Å². The summed E-state index contributed by atoms with van der Waals surface area (Å²) in [6.07, 6.45) is 4.35. The van der Waals surface area contributed by atoms with Crippen LogP contribution < -0.4 is 5.32 Å². The predicted molar refractivity (Wildman–Crippen MR) is 145 cm³/mol. The Bertz CT molecular complexity index is 1310. The summed E-state index contributed by atoms with van der Waals surface area (Å²) in [5.74, 6) is -1.19. The number of hydrogen-bond acceptors (Lipinski definition) is 5. The minimum Gasteiger partial charge on any atom is -0.352 e. The summed E-state index contributed by atoms with van der Waals surface area (Å²) in [6.45, 7) is 1.72. The molecular formula is C27H31Cl2N3O5S. The van der Waals surface area contributed by atoms with E-state index < -0.39 is 22.0 Å². The maximum Gasteiger partial charge on any atom is 0.269 e. The molecule has 1 aliphatic heterocycles. The number of sulfonamides is 1. The molecule has 2 aliphatic rings. The van der Waals surface area contributed by atoms with Gasteiger partial charge in [0.15, 0.2) is 0 Å². The third-order valence-electron chi connectivity index (χ3n) is 7.14. The molecule has 1 aliphatic carbocycles. The number of hydrogen-bond donors (Lipinski definition) is 1. The van der Waals surface area contributed by atoms with E-state index in [4.69, 9.17) is 23.2 Å². The second-order valence-corrected chi connectivity index (χ2v) is 12.3. The van der Waals surface area contributed by atoms with E-state index in [1.54, 1.807) is 30.3 Å². The Morgan fingerprint density at radius 3 is 2.37 bits per heavy atom. The number of carbonyl (C=O) groups is 3. The summed E-state index contributed by atoms with van der Waals surface area (Å²) < 4.78 is 26.5. The normalized spacial score (nSPS) is 17.3. The largest absolute Gasteiger partial charge is 0.352 e. The molecule has 2 aromatic carbocycles. The Morgan fingerprint density at radius 2 is 1.74 bits per heavy atom. The van der Waals surface area contributed by atoms with Crippen LogP contribution in [-0.4, -0.2) is 54.0 Å². The molecule has 0 bridgehead atoms. The van der Waals surface area contributed by atoms with E-state index in [1.165, 1.54) is 17.0 Å². The van der Waals surface area contributed by atoms with Crippen molar-refractivity contribution < 1.29 is 22.8 Å². The van der Waals surface area contributed by atoms with Gasteiger partial charge in [-0.15, -0.1) is 0 Å². The second kappa shape index (κ2) is 12.1. The minimum atomic E-state index is -3.96. The summed E-state index contributed by atoms with van der Waals surface area (Å²) in [7, 11) is -3.96.